The van der Waals surface area contributed by atoms with Crippen LogP contribution >= 0.6 is 11.6 Å². The summed E-state index contributed by atoms with van der Waals surface area (Å²) in [6.07, 6.45) is -4.26. The first-order valence-corrected chi connectivity index (χ1v) is 5.84. The number of aromatic carboxylic acids is 1. The number of nitrogens with zero attached hydrogens (tertiary/aromatic N) is 1. The van der Waals surface area contributed by atoms with Crippen LogP contribution in [0.3, 0.4) is 0 Å². The molecule has 110 valence electrons. The number of pyridine rings is 1. The molecule has 0 bridgehead atoms. The molecule has 21 heavy (non-hydrogen) atoms. The van der Waals surface area contributed by atoms with E-state index in [0.29, 0.717) is 12.3 Å². The molecular formula is C13H6ClF4NO2. The maximum Gasteiger partial charge on any atom is 0.417 e. The van der Waals surface area contributed by atoms with E-state index < -0.39 is 29.1 Å². The minimum atomic E-state index is -4.73. The molecule has 1 aromatic heterocycles. The van der Waals surface area contributed by atoms with Gasteiger partial charge in [-0.2, -0.15) is 13.2 Å². The van der Waals surface area contributed by atoms with Crippen LogP contribution in [0.15, 0.2) is 30.5 Å². The van der Waals surface area contributed by atoms with Crippen LogP contribution in [0.25, 0.3) is 11.3 Å². The predicted molar refractivity (Wildman–Crippen MR) is 66.6 cm³/mol. The third kappa shape index (κ3) is 3.13. The lowest BCUT2D eigenvalue weighted by Gasteiger charge is -2.11. The Morgan fingerprint density at radius 1 is 1.24 bits per heavy atom. The van der Waals surface area contributed by atoms with Crippen LogP contribution < -0.4 is 0 Å². The zero-order valence-electron chi connectivity index (χ0n) is 10.1. The van der Waals surface area contributed by atoms with Crippen molar-refractivity contribution in [1.29, 1.82) is 0 Å². The molecule has 0 saturated heterocycles. The molecule has 1 N–H and O–H groups in total. The van der Waals surface area contributed by atoms with Gasteiger partial charge in [-0.05, 0) is 24.3 Å². The topological polar surface area (TPSA) is 50.2 Å². The summed E-state index contributed by atoms with van der Waals surface area (Å²) in [6, 6.07) is 3.55. The Morgan fingerprint density at radius 2 is 1.90 bits per heavy atom. The first-order valence-electron chi connectivity index (χ1n) is 5.46. The molecule has 0 aliphatic carbocycles. The number of carboxylic acid groups (broad SMARTS) is 1. The van der Waals surface area contributed by atoms with E-state index in [9.17, 15) is 22.4 Å². The normalized spacial score (nSPS) is 11.5. The number of rotatable bonds is 2. The average molecular weight is 320 g/mol. The molecular weight excluding hydrogens is 314 g/mol. The van der Waals surface area contributed by atoms with Crippen LogP contribution in [0.2, 0.25) is 5.02 Å². The van der Waals surface area contributed by atoms with E-state index in [1.807, 2.05) is 0 Å². The molecule has 0 radical (unpaired) electrons. The Bertz CT molecular complexity index is 716. The van der Waals surface area contributed by atoms with Gasteiger partial charge in [0.1, 0.15) is 5.82 Å². The summed E-state index contributed by atoms with van der Waals surface area (Å²) in [5, 5.41) is 9.01. The zero-order chi connectivity index (χ0) is 15.8. The van der Waals surface area contributed by atoms with Crippen molar-refractivity contribution in [2.45, 2.75) is 6.18 Å². The second-order valence-electron chi connectivity index (χ2n) is 4.05. The van der Waals surface area contributed by atoms with Crippen molar-refractivity contribution in [2.75, 3.05) is 0 Å². The summed E-state index contributed by atoms with van der Waals surface area (Å²) in [7, 11) is 0. The Hall–Kier alpha value is -2.15. The van der Waals surface area contributed by atoms with E-state index in [2.05, 4.69) is 4.98 Å². The van der Waals surface area contributed by atoms with E-state index in [4.69, 9.17) is 16.7 Å². The maximum absolute atomic E-state index is 13.2. The van der Waals surface area contributed by atoms with Crippen molar-refractivity contribution in [3.63, 3.8) is 0 Å². The highest BCUT2D eigenvalue weighted by atomic mass is 35.5. The lowest BCUT2D eigenvalue weighted by molar-refractivity contribution is -0.137. The fourth-order valence-electron chi connectivity index (χ4n) is 1.68. The van der Waals surface area contributed by atoms with E-state index in [-0.39, 0.29) is 16.3 Å². The molecule has 0 aliphatic rings. The van der Waals surface area contributed by atoms with Crippen molar-refractivity contribution in [3.05, 3.63) is 52.4 Å². The highest BCUT2D eigenvalue weighted by molar-refractivity contribution is 6.33. The molecule has 2 rings (SSSR count). The van der Waals surface area contributed by atoms with Crippen LogP contribution in [0, 0.1) is 5.82 Å². The lowest BCUT2D eigenvalue weighted by atomic mass is 10.0. The number of carboxylic acids is 1. The SMILES string of the molecule is O=C(O)c1cc(C(F)(F)F)cnc1-c1cc(F)ccc1Cl. The van der Waals surface area contributed by atoms with Crippen LogP contribution in [0.4, 0.5) is 17.6 Å². The number of hydrogen-bond acceptors (Lipinski definition) is 2. The summed E-state index contributed by atoms with van der Waals surface area (Å²) in [5.41, 5.74) is -2.35. The van der Waals surface area contributed by atoms with E-state index >= 15 is 0 Å². The number of aromatic nitrogens is 1. The molecule has 0 aliphatic heterocycles. The molecule has 0 atom stereocenters. The van der Waals surface area contributed by atoms with Crippen molar-refractivity contribution in [3.8, 4) is 11.3 Å². The first-order chi connectivity index (χ1) is 9.70. The maximum atomic E-state index is 13.2. The van der Waals surface area contributed by atoms with Crippen LogP contribution in [0.5, 0.6) is 0 Å². The van der Waals surface area contributed by atoms with Gasteiger partial charge in [0.2, 0.25) is 0 Å². The van der Waals surface area contributed by atoms with Gasteiger partial charge in [-0.25, -0.2) is 9.18 Å². The number of halogens is 5. The third-order valence-corrected chi connectivity index (χ3v) is 2.96. The van der Waals surface area contributed by atoms with Crippen LogP contribution in [0.1, 0.15) is 15.9 Å². The second kappa shape index (κ2) is 5.33. The number of hydrogen-bond donors (Lipinski definition) is 1. The summed E-state index contributed by atoms with van der Waals surface area (Å²) in [4.78, 5) is 14.6. The lowest BCUT2D eigenvalue weighted by Crippen LogP contribution is -2.10. The molecule has 0 fully saturated rings. The fourth-order valence-corrected chi connectivity index (χ4v) is 1.88. The molecule has 3 nitrogen and oxygen atoms in total. The van der Waals surface area contributed by atoms with Gasteiger partial charge in [-0.1, -0.05) is 11.6 Å². The number of carbonyl (C=O) groups is 1. The van der Waals surface area contributed by atoms with Crippen molar-refractivity contribution in [1.82, 2.24) is 4.98 Å². The molecule has 1 aromatic carbocycles. The van der Waals surface area contributed by atoms with E-state index in [1.54, 1.807) is 0 Å². The molecule has 2 aromatic rings. The average Bonchev–Trinajstić information content (AvgIpc) is 2.40. The van der Waals surface area contributed by atoms with Gasteiger partial charge in [-0.15, -0.1) is 0 Å². The monoisotopic (exact) mass is 319 g/mol. The van der Waals surface area contributed by atoms with Gasteiger partial charge >= 0.3 is 12.1 Å². The second-order valence-corrected chi connectivity index (χ2v) is 4.45. The molecule has 0 saturated carbocycles. The Balaban J connectivity index is 2.69. The first kappa shape index (κ1) is 15.2. The smallest absolute Gasteiger partial charge is 0.417 e. The van der Waals surface area contributed by atoms with Gasteiger partial charge in [0.15, 0.2) is 0 Å². The minimum absolute atomic E-state index is 0.0221. The van der Waals surface area contributed by atoms with Crippen molar-refractivity contribution >= 4 is 17.6 Å². The summed E-state index contributed by atoms with van der Waals surface area (Å²) in [6.45, 7) is 0. The standard InChI is InChI=1S/C13H6ClF4NO2/c14-10-2-1-7(15)4-8(10)11-9(12(20)21)3-6(5-19-11)13(16,17)18/h1-5H,(H,20,21). The van der Waals surface area contributed by atoms with Crippen LogP contribution in [-0.4, -0.2) is 16.1 Å². The van der Waals surface area contributed by atoms with Crippen molar-refractivity contribution < 1.29 is 27.5 Å². The predicted octanol–water partition coefficient (Wildman–Crippen LogP) is 4.26. The highest BCUT2D eigenvalue weighted by Gasteiger charge is 2.33. The summed E-state index contributed by atoms with van der Waals surface area (Å²) < 4.78 is 51.0. The zero-order valence-corrected chi connectivity index (χ0v) is 10.8. The minimum Gasteiger partial charge on any atom is -0.478 e. The largest absolute Gasteiger partial charge is 0.478 e. The van der Waals surface area contributed by atoms with E-state index in [0.717, 1.165) is 18.2 Å². The van der Waals surface area contributed by atoms with Gasteiger partial charge < -0.3 is 5.11 Å². The summed E-state index contributed by atoms with van der Waals surface area (Å²) >= 11 is 5.82. The third-order valence-electron chi connectivity index (χ3n) is 2.63. The molecule has 0 spiro atoms. The molecule has 0 amide bonds. The van der Waals surface area contributed by atoms with Gasteiger partial charge in [0.05, 0.1) is 21.8 Å². The molecule has 8 heteroatoms. The Morgan fingerprint density at radius 3 is 2.48 bits per heavy atom. The van der Waals surface area contributed by atoms with Gasteiger partial charge in [0, 0.05) is 11.8 Å². The summed E-state index contributed by atoms with van der Waals surface area (Å²) in [5.74, 6) is -2.34. The van der Waals surface area contributed by atoms with Gasteiger partial charge in [0.25, 0.3) is 0 Å². The molecule has 0 unspecified atom stereocenters. The van der Waals surface area contributed by atoms with E-state index in [1.165, 1.54) is 0 Å². The number of alkyl halides is 3. The van der Waals surface area contributed by atoms with Crippen LogP contribution in [-0.2, 0) is 6.18 Å². The van der Waals surface area contributed by atoms with Gasteiger partial charge in [-0.3, -0.25) is 4.98 Å². The highest BCUT2D eigenvalue weighted by Crippen LogP contribution is 2.34. The fraction of sp³-hybridized carbons (Fsp3) is 0.0769. The number of benzene rings is 1. The Kier molecular flexibility index (Phi) is 3.87. The molecule has 1 heterocycles. The Labute approximate surface area is 120 Å². The van der Waals surface area contributed by atoms with Crippen molar-refractivity contribution in [2.24, 2.45) is 0 Å². The quantitative estimate of drug-likeness (QED) is 0.841.